The van der Waals surface area contributed by atoms with Gasteiger partial charge < -0.3 is 31.1 Å². The molecule has 1 unspecified atom stereocenters. The summed E-state index contributed by atoms with van der Waals surface area (Å²) in [4.78, 5) is 55.1. The number of ether oxygens (including phenoxy) is 1. The Bertz CT molecular complexity index is 1350. The van der Waals surface area contributed by atoms with Crippen LogP contribution in [0.5, 0.6) is 0 Å². The number of nitrogens with zero attached hydrogens (tertiary/aromatic N) is 2. The van der Waals surface area contributed by atoms with E-state index in [1.807, 2.05) is 29.2 Å². The molecule has 0 saturated heterocycles. The van der Waals surface area contributed by atoms with Crippen molar-refractivity contribution in [3.63, 3.8) is 0 Å². The maximum absolute atomic E-state index is 13.4. The van der Waals surface area contributed by atoms with E-state index in [1.54, 1.807) is 12.4 Å². The van der Waals surface area contributed by atoms with E-state index in [0.717, 1.165) is 35.4 Å². The van der Waals surface area contributed by atoms with Gasteiger partial charge in [-0.2, -0.15) is 0 Å². The zero-order valence-corrected chi connectivity index (χ0v) is 34.0. The van der Waals surface area contributed by atoms with E-state index in [-0.39, 0.29) is 48.4 Å². The normalized spacial score (nSPS) is 16.6. The van der Waals surface area contributed by atoms with Gasteiger partial charge in [0.1, 0.15) is 16.8 Å². The number of fused-ring (bicyclic) bond motifs is 1. The summed E-state index contributed by atoms with van der Waals surface area (Å²) in [5, 5.41) is 17.9. The number of aromatic nitrogens is 1. The number of amides is 3. The second-order valence-corrected chi connectivity index (χ2v) is 14.9. The predicted octanol–water partition coefficient (Wildman–Crippen LogP) is 7.11. The fraction of sp³-hybridized carbons (Fsp3) is 0.675. The number of carbonyl (C=O) groups is 4. The molecule has 1 aliphatic carbocycles. The molecule has 5 N–H and O–H groups in total. The number of rotatable bonds is 19. The van der Waals surface area contributed by atoms with Crippen LogP contribution in [0.25, 0.3) is 0 Å². The molecule has 1 aromatic carbocycles. The standard InChI is InChI=1S/C33H49N3O5S.C4H10.C3H8N2O/c1-7-14-36(30(37)16-22(6)9-3)28(21(4)5)19-29(41-15-8-2)32-35-27(20-42-32)31(38)34-24-17-23-12-10-11-13-25(23)26(18-24)33(39)40;1-3-4-2;1-5-2-3(4)6/h10-13,20-22,24,26,28-29H,7-9,14-19H2,1-6H3,(H,34,38)(H,39,40);3-4H2,1-2H3;5H,2H2,1H3,(H2,4,6)/t22-,24-,26+,28?,29+;;/m0../s1. The lowest BCUT2D eigenvalue weighted by molar-refractivity contribution is -0.139. The lowest BCUT2D eigenvalue weighted by atomic mass is 9.80. The number of carbonyl (C=O) groups excluding carboxylic acids is 3. The van der Waals surface area contributed by atoms with Gasteiger partial charge in [-0.3, -0.25) is 19.2 Å². The highest BCUT2D eigenvalue weighted by Gasteiger charge is 2.34. The van der Waals surface area contributed by atoms with Gasteiger partial charge in [-0.1, -0.05) is 98.9 Å². The van der Waals surface area contributed by atoms with Crippen molar-refractivity contribution in [3.05, 3.63) is 51.5 Å². The number of nitrogens with two attached hydrogens (primary N) is 1. The van der Waals surface area contributed by atoms with Crippen molar-refractivity contribution in [3.8, 4) is 0 Å². The molecular formula is C40H67N5O6S. The zero-order valence-electron chi connectivity index (χ0n) is 33.2. The SMILES string of the molecule is CCCC.CCCO[C@H](CC(C(C)C)N(CCC)C(=O)C[C@@H](C)CC)c1nc(C(=O)N[C@H]2Cc3ccccc3[C@H](C(=O)O)C2)cs1.CNCC(N)=O. The average Bonchev–Trinajstić information content (AvgIpc) is 3.61. The van der Waals surface area contributed by atoms with E-state index in [2.05, 4.69) is 66.0 Å². The molecule has 0 spiro atoms. The number of benzene rings is 1. The third kappa shape index (κ3) is 16.1. The van der Waals surface area contributed by atoms with Crippen molar-refractivity contribution >= 4 is 35.0 Å². The van der Waals surface area contributed by atoms with E-state index >= 15 is 0 Å². The predicted molar refractivity (Wildman–Crippen MR) is 211 cm³/mol. The monoisotopic (exact) mass is 745 g/mol. The summed E-state index contributed by atoms with van der Waals surface area (Å²) in [5.74, 6) is -1.42. The summed E-state index contributed by atoms with van der Waals surface area (Å²) in [6.45, 7) is 18.6. The van der Waals surface area contributed by atoms with Crippen molar-refractivity contribution in [1.82, 2.24) is 20.5 Å². The van der Waals surface area contributed by atoms with Crippen LogP contribution in [-0.2, 0) is 25.5 Å². The summed E-state index contributed by atoms with van der Waals surface area (Å²) < 4.78 is 6.30. The smallest absolute Gasteiger partial charge is 0.311 e. The van der Waals surface area contributed by atoms with Crippen LogP contribution < -0.4 is 16.4 Å². The van der Waals surface area contributed by atoms with Crippen molar-refractivity contribution in [2.45, 2.75) is 137 Å². The van der Waals surface area contributed by atoms with Crippen molar-refractivity contribution in [1.29, 1.82) is 0 Å². The summed E-state index contributed by atoms with van der Waals surface area (Å²) in [5.41, 5.74) is 6.78. The Morgan fingerprint density at radius 2 is 1.71 bits per heavy atom. The lowest BCUT2D eigenvalue weighted by Crippen LogP contribution is -2.45. The molecule has 1 aromatic heterocycles. The Hall–Kier alpha value is -3.35. The molecular weight excluding hydrogens is 679 g/mol. The van der Waals surface area contributed by atoms with Gasteiger partial charge in [0.15, 0.2) is 0 Å². The fourth-order valence-electron chi connectivity index (χ4n) is 5.89. The molecule has 0 bridgehead atoms. The topological polar surface area (TPSA) is 164 Å². The minimum absolute atomic E-state index is 0.0141. The number of aliphatic carboxylic acids is 1. The molecule has 0 fully saturated rings. The maximum Gasteiger partial charge on any atom is 0.311 e. The third-order valence-electron chi connectivity index (χ3n) is 9.08. The molecule has 11 nitrogen and oxygen atoms in total. The molecule has 1 aliphatic rings. The molecule has 12 heteroatoms. The van der Waals surface area contributed by atoms with E-state index < -0.39 is 11.9 Å². The van der Waals surface area contributed by atoms with Crippen molar-refractivity contribution in [2.75, 3.05) is 26.7 Å². The minimum atomic E-state index is -0.882. The molecule has 0 aliphatic heterocycles. The molecule has 5 atom stereocenters. The van der Waals surface area contributed by atoms with Gasteiger partial charge in [0, 0.05) is 43.5 Å². The van der Waals surface area contributed by atoms with Gasteiger partial charge in [-0.15, -0.1) is 11.3 Å². The maximum atomic E-state index is 13.4. The summed E-state index contributed by atoms with van der Waals surface area (Å²) in [6.07, 6.45) is 7.07. The lowest BCUT2D eigenvalue weighted by Gasteiger charge is -2.37. The number of hydrogen-bond donors (Lipinski definition) is 4. The number of thiazole rings is 1. The van der Waals surface area contributed by atoms with Gasteiger partial charge in [-0.25, -0.2) is 4.98 Å². The van der Waals surface area contributed by atoms with E-state index in [1.165, 1.54) is 24.2 Å². The van der Waals surface area contributed by atoms with Gasteiger partial charge in [0.25, 0.3) is 5.91 Å². The molecule has 294 valence electrons. The zero-order chi connectivity index (χ0) is 39.2. The van der Waals surface area contributed by atoms with E-state index in [9.17, 15) is 24.3 Å². The number of primary amides is 1. The Balaban J connectivity index is 0.00000119. The van der Waals surface area contributed by atoms with Crippen LogP contribution in [-0.4, -0.2) is 77.5 Å². The first-order valence-corrected chi connectivity index (χ1v) is 20.1. The van der Waals surface area contributed by atoms with Crippen LogP contribution >= 0.6 is 11.3 Å². The Morgan fingerprint density at radius 3 is 2.23 bits per heavy atom. The van der Waals surface area contributed by atoms with Crippen molar-refractivity contribution < 1.29 is 29.0 Å². The molecule has 3 rings (SSSR count). The van der Waals surface area contributed by atoms with Crippen LogP contribution in [0.15, 0.2) is 29.6 Å². The highest BCUT2D eigenvalue weighted by atomic mass is 32.1. The van der Waals surface area contributed by atoms with Crippen LogP contribution in [0.2, 0.25) is 0 Å². The second-order valence-electron chi connectivity index (χ2n) is 14.0. The molecule has 0 saturated carbocycles. The van der Waals surface area contributed by atoms with Gasteiger partial charge >= 0.3 is 5.97 Å². The number of carboxylic acids is 1. The van der Waals surface area contributed by atoms with E-state index in [0.29, 0.717) is 50.4 Å². The number of likely N-dealkylation sites (N-methyl/N-ethyl adjacent to an activating group) is 1. The molecule has 0 radical (unpaired) electrons. The van der Waals surface area contributed by atoms with Crippen molar-refractivity contribution in [2.24, 2.45) is 17.6 Å². The van der Waals surface area contributed by atoms with Crippen LogP contribution in [0.4, 0.5) is 0 Å². The molecule has 3 amide bonds. The Labute approximate surface area is 316 Å². The second kappa shape index (κ2) is 25.6. The van der Waals surface area contributed by atoms with Gasteiger partial charge in [0.2, 0.25) is 11.8 Å². The molecule has 1 heterocycles. The van der Waals surface area contributed by atoms with Gasteiger partial charge in [0.05, 0.1) is 12.5 Å². The van der Waals surface area contributed by atoms with Gasteiger partial charge in [-0.05, 0) is 55.7 Å². The Kier molecular flexibility index (Phi) is 23.0. The average molecular weight is 746 g/mol. The summed E-state index contributed by atoms with van der Waals surface area (Å²) in [7, 11) is 1.67. The first-order chi connectivity index (χ1) is 24.8. The van der Waals surface area contributed by atoms with Crippen LogP contribution in [0.3, 0.4) is 0 Å². The largest absolute Gasteiger partial charge is 0.481 e. The third-order valence-corrected chi connectivity index (χ3v) is 10.0. The quantitative estimate of drug-likeness (QED) is 0.118. The minimum Gasteiger partial charge on any atom is -0.481 e. The molecule has 52 heavy (non-hydrogen) atoms. The summed E-state index contributed by atoms with van der Waals surface area (Å²) in [6, 6.07) is 7.24. The molecule has 2 aromatic rings. The first-order valence-electron chi connectivity index (χ1n) is 19.2. The highest BCUT2D eigenvalue weighted by molar-refractivity contribution is 7.09. The number of nitrogens with one attached hydrogen (secondary N) is 2. The number of carboxylic acid groups (broad SMARTS) is 1. The number of unbranched alkanes of at least 4 members (excludes halogenated alkanes) is 1. The van der Waals surface area contributed by atoms with E-state index in [4.69, 9.17) is 15.5 Å². The highest BCUT2D eigenvalue weighted by Crippen LogP contribution is 2.33. The summed E-state index contributed by atoms with van der Waals surface area (Å²) >= 11 is 1.40. The fourth-order valence-corrected chi connectivity index (χ4v) is 6.75. The number of hydrogen-bond acceptors (Lipinski definition) is 8. The Morgan fingerprint density at radius 1 is 1.04 bits per heavy atom. The van der Waals surface area contributed by atoms with Crippen LogP contribution in [0.1, 0.15) is 145 Å². The van der Waals surface area contributed by atoms with Crippen LogP contribution in [0, 0.1) is 11.8 Å². The first kappa shape index (κ1) is 46.7.